The van der Waals surface area contributed by atoms with E-state index < -0.39 is 0 Å². The Morgan fingerprint density at radius 3 is 1.93 bits per heavy atom. The van der Waals surface area contributed by atoms with Gasteiger partial charge in [-0.25, -0.2) is 0 Å². The summed E-state index contributed by atoms with van der Waals surface area (Å²) in [5.41, 5.74) is 1.16. The summed E-state index contributed by atoms with van der Waals surface area (Å²) in [5, 5.41) is 0. The molecule has 0 amide bonds. The molecule has 0 saturated heterocycles. The summed E-state index contributed by atoms with van der Waals surface area (Å²) in [6.45, 7) is 7.40. The first-order valence-corrected chi connectivity index (χ1v) is 11.3. The molecule has 0 fully saturated rings. The van der Waals surface area contributed by atoms with Crippen molar-refractivity contribution in [2.45, 2.75) is 104 Å². The highest BCUT2D eigenvalue weighted by Crippen LogP contribution is 2.32. The molecule has 1 unspecified atom stereocenters. The monoisotopic (exact) mass is 374 g/mol. The third kappa shape index (κ3) is 11.9. The average Bonchev–Trinajstić information content (AvgIpc) is 2.67. The van der Waals surface area contributed by atoms with Crippen LogP contribution in [0.25, 0.3) is 0 Å². The molecule has 1 aromatic carbocycles. The molecular weight excluding hydrogens is 332 g/mol. The molecule has 2 heteroatoms. The number of hydrogen-bond donors (Lipinski definition) is 0. The Kier molecular flexibility index (Phi) is 12.9. The second-order valence-electron chi connectivity index (χ2n) is 8.46. The first kappa shape index (κ1) is 23.7. The lowest BCUT2D eigenvalue weighted by Crippen LogP contribution is -2.26. The van der Waals surface area contributed by atoms with Crippen molar-refractivity contribution in [1.82, 2.24) is 0 Å². The van der Waals surface area contributed by atoms with E-state index >= 15 is 0 Å². The maximum atomic E-state index is 12.3. The zero-order chi connectivity index (χ0) is 19.8. The molecule has 0 bridgehead atoms. The van der Waals surface area contributed by atoms with E-state index in [1.165, 1.54) is 77.0 Å². The highest BCUT2D eigenvalue weighted by atomic mass is 16.5. The van der Waals surface area contributed by atoms with E-state index in [1.807, 2.05) is 30.3 Å². The van der Waals surface area contributed by atoms with Gasteiger partial charge in [0.1, 0.15) is 0 Å². The normalized spacial score (nSPS) is 13.3. The SMILES string of the molecule is CCCCCCCCC(C)(CCCCCC)COC(=O)Cc1ccccc1. The minimum absolute atomic E-state index is 0.0936. The van der Waals surface area contributed by atoms with Crippen LogP contribution in [0, 0.1) is 5.41 Å². The van der Waals surface area contributed by atoms with E-state index in [1.54, 1.807) is 0 Å². The number of ether oxygens (including phenoxy) is 1. The van der Waals surface area contributed by atoms with Crippen molar-refractivity contribution >= 4 is 5.97 Å². The third-order valence-corrected chi connectivity index (χ3v) is 5.54. The largest absolute Gasteiger partial charge is 0.465 e. The van der Waals surface area contributed by atoms with Crippen LogP contribution in [0.3, 0.4) is 0 Å². The van der Waals surface area contributed by atoms with Gasteiger partial charge in [-0.15, -0.1) is 0 Å². The van der Waals surface area contributed by atoms with Crippen molar-refractivity contribution < 1.29 is 9.53 Å². The molecule has 1 aromatic rings. The Morgan fingerprint density at radius 2 is 1.33 bits per heavy atom. The molecular formula is C25H42O2. The van der Waals surface area contributed by atoms with Crippen LogP contribution in [0.5, 0.6) is 0 Å². The van der Waals surface area contributed by atoms with E-state index in [9.17, 15) is 4.79 Å². The molecule has 0 radical (unpaired) electrons. The lowest BCUT2D eigenvalue weighted by molar-refractivity contribution is -0.146. The molecule has 0 aliphatic carbocycles. The molecule has 2 nitrogen and oxygen atoms in total. The van der Waals surface area contributed by atoms with Crippen LogP contribution < -0.4 is 0 Å². The fourth-order valence-electron chi connectivity index (χ4n) is 3.65. The van der Waals surface area contributed by atoms with Gasteiger partial charge in [0.25, 0.3) is 0 Å². The maximum absolute atomic E-state index is 12.3. The van der Waals surface area contributed by atoms with E-state index in [4.69, 9.17) is 4.74 Å². The topological polar surface area (TPSA) is 26.3 Å². The maximum Gasteiger partial charge on any atom is 0.310 e. The minimum atomic E-state index is -0.0936. The summed E-state index contributed by atoms with van der Waals surface area (Å²) in [7, 11) is 0. The second kappa shape index (κ2) is 14.7. The van der Waals surface area contributed by atoms with E-state index in [-0.39, 0.29) is 11.4 Å². The van der Waals surface area contributed by atoms with Gasteiger partial charge in [0.15, 0.2) is 0 Å². The van der Waals surface area contributed by atoms with Crippen LogP contribution in [0.1, 0.15) is 103 Å². The van der Waals surface area contributed by atoms with Crippen LogP contribution in [0.4, 0.5) is 0 Å². The molecule has 154 valence electrons. The zero-order valence-electron chi connectivity index (χ0n) is 18.1. The van der Waals surface area contributed by atoms with Gasteiger partial charge >= 0.3 is 5.97 Å². The van der Waals surface area contributed by atoms with Crippen LogP contribution >= 0.6 is 0 Å². The van der Waals surface area contributed by atoms with Gasteiger partial charge in [-0.05, 0) is 18.4 Å². The second-order valence-corrected chi connectivity index (χ2v) is 8.46. The van der Waals surface area contributed by atoms with Crippen LogP contribution in [-0.4, -0.2) is 12.6 Å². The summed E-state index contributed by atoms with van der Waals surface area (Å²) in [6, 6.07) is 9.89. The van der Waals surface area contributed by atoms with Crippen LogP contribution in [0.15, 0.2) is 30.3 Å². The fourth-order valence-corrected chi connectivity index (χ4v) is 3.65. The lowest BCUT2D eigenvalue weighted by Gasteiger charge is -2.29. The molecule has 0 heterocycles. The Bertz CT molecular complexity index is 482. The van der Waals surface area contributed by atoms with Crippen molar-refractivity contribution in [3.63, 3.8) is 0 Å². The van der Waals surface area contributed by atoms with Gasteiger partial charge in [0, 0.05) is 5.41 Å². The molecule has 1 rings (SSSR count). The van der Waals surface area contributed by atoms with Gasteiger partial charge in [-0.1, -0.05) is 115 Å². The van der Waals surface area contributed by atoms with Gasteiger partial charge in [-0.2, -0.15) is 0 Å². The molecule has 0 aromatic heterocycles. The van der Waals surface area contributed by atoms with E-state index in [0.29, 0.717) is 13.0 Å². The van der Waals surface area contributed by atoms with E-state index in [2.05, 4.69) is 20.8 Å². The Labute approximate surface area is 168 Å². The predicted octanol–water partition coefficient (Wildman–Crippen LogP) is 7.50. The quantitative estimate of drug-likeness (QED) is 0.221. The number of rotatable bonds is 16. The molecule has 0 aliphatic rings. The molecule has 0 saturated carbocycles. The van der Waals surface area contributed by atoms with Crippen LogP contribution in [-0.2, 0) is 16.0 Å². The molecule has 1 atom stereocenters. The summed E-state index contributed by atoms with van der Waals surface area (Å²) in [4.78, 5) is 12.3. The molecule has 27 heavy (non-hydrogen) atoms. The highest BCUT2D eigenvalue weighted by Gasteiger charge is 2.25. The molecule has 0 aliphatic heterocycles. The smallest absolute Gasteiger partial charge is 0.310 e. The number of carbonyl (C=O) groups excluding carboxylic acids is 1. The summed E-state index contributed by atoms with van der Waals surface area (Å²) >= 11 is 0. The summed E-state index contributed by atoms with van der Waals surface area (Å²) in [5.74, 6) is -0.0936. The van der Waals surface area contributed by atoms with Gasteiger partial charge in [0.2, 0.25) is 0 Å². The van der Waals surface area contributed by atoms with E-state index in [0.717, 1.165) is 5.56 Å². The van der Waals surface area contributed by atoms with Crippen molar-refractivity contribution in [1.29, 1.82) is 0 Å². The predicted molar refractivity (Wildman–Crippen MR) is 116 cm³/mol. The van der Waals surface area contributed by atoms with Gasteiger partial charge < -0.3 is 4.74 Å². The van der Waals surface area contributed by atoms with Crippen molar-refractivity contribution in [2.75, 3.05) is 6.61 Å². The lowest BCUT2D eigenvalue weighted by atomic mass is 9.80. The fraction of sp³-hybridized carbons (Fsp3) is 0.720. The van der Waals surface area contributed by atoms with Crippen molar-refractivity contribution in [3.8, 4) is 0 Å². The third-order valence-electron chi connectivity index (χ3n) is 5.54. The zero-order valence-corrected chi connectivity index (χ0v) is 18.1. The van der Waals surface area contributed by atoms with Crippen molar-refractivity contribution in [3.05, 3.63) is 35.9 Å². The Balaban J connectivity index is 2.42. The number of carbonyl (C=O) groups is 1. The Hall–Kier alpha value is -1.31. The minimum Gasteiger partial charge on any atom is -0.465 e. The molecule has 0 N–H and O–H groups in total. The average molecular weight is 375 g/mol. The Morgan fingerprint density at radius 1 is 0.815 bits per heavy atom. The number of hydrogen-bond acceptors (Lipinski definition) is 2. The number of benzene rings is 1. The van der Waals surface area contributed by atoms with Crippen LogP contribution in [0.2, 0.25) is 0 Å². The summed E-state index contributed by atoms with van der Waals surface area (Å²) in [6.07, 6.45) is 15.7. The first-order chi connectivity index (χ1) is 13.1. The first-order valence-electron chi connectivity index (χ1n) is 11.3. The summed E-state index contributed by atoms with van der Waals surface area (Å²) < 4.78 is 5.72. The van der Waals surface area contributed by atoms with Gasteiger partial charge in [0.05, 0.1) is 13.0 Å². The van der Waals surface area contributed by atoms with Gasteiger partial charge in [-0.3, -0.25) is 4.79 Å². The number of esters is 1. The standard InChI is InChI=1S/C25H42O2/c1-4-6-8-10-11-16-20-25(3,19-15-9-7-5-2)22-27-24(26)21-23-17-13-12-14-18-23/h12-14,17-18H,4-11,15-16,19-22H2,1-3H3. The van der Waals surface area contributed by atoms with Crippen molar-refractivity contribution in [2.24, 2.45) is 5.41 Å². The number of unbranched alkanes of at least 4 members (excludes halogenated alkanes) is 8. The highest BCUT2D eigenvalue weighted by molar-refractivity contribution is 5.72. The molecule has 0 spiro atoms.